The average molecular weight is 185 g/mol. The Balaban J connectivity index is 3.56. The second-order valence-corrected chi connectivity index (χ2v) is 3.99. The molecule has 0 rings (SSSR count). The molecule has 0 aliphatic heterocycles. The van der Waals surface area contributed by atoms with Crippen molar-refractivity contribution in [2.75, 3.05) is 7.05 Å². The van der Waals surface area contributed by atoms with Gasteiger partial charge in [-0.2, -0.15) is 0 Å². The van der Waals surface area contributed by atoms with Gasteiger partial charge in [0.25, 0.3) is 0 Å². The van der Waals surface area contributed by atoms with Crippen molar-refractivity contribution in [2.24, 2.45) is 0 Å². The van der Waals surface area contributed by atoms with Crippen molar-refractivity contribution in [1.29, 1.82) is 0 Å². The van der Waals surface area contributed by atoms with Crippen molar-refractivity contribution >= 4 is 11.9 Å². The van der Waals surface area contributed by atoms with E-state index in [-0.39, 0.29) is 0 Å². The molecule has 0 heterocycles. The molecular formula is C10H19NS. The van der Waals surface area contributed by atoms with Gasteiger partial charge >= 0.3 is 0 Å². The number of allylic oxidation sites excluding steroid dienone is 3. The fourth-order valence-corrected chi connectivity index (χ4v) is 1.24. The van der Waals surface area contributed by atoms with E-state index in [1.807, 2.05) is 7.05 Å². The molecule has 12 heavy (non-hydrogen) atoms. The zero-order chi connectivity index (χ0) is 9.40. The highest BCUT2D eigenvalue weighted by atomic mass is 32.2. The maximum absolute atomic E-state index is 3.02. The van der Waals surface area contributed by atoms with Crippen molar-refractivity contribution < 1.29 is 0 Å². The predicted octanol–water partition coefficient (Wildman–Crippen LogP) is 3.50. The minimum absolute atomic E-state index is 1.16. The van der Waals surface area contributed by atoms with Gasteiger partial charge in [-0.25, -0.2) is 0 Å². The second-order valence-electron chi connectivity index (χ2n) is 3.11. The molecule has 0 aliphatic carbocycles. The van der Waals surface area contributed by atoms with E-state index >= 15 is 0 Å². The van der Waals surface area contributed by atoms with Crippen LogP contribution in [0.2, 0.25) is 0 Å². The van der Waals surface area contributed by atoms with E-state index in [0.29, 0.717) is 0 Å². The van der Waals surface area contributed by atoms with Crippen LogP contribution in [0.3, 0.4) is 0 Å². The number of hydrogen-bond donors (Lipinski definition) is 1. The van der Waals surface area contributed by atoms with Crippen LogP contribution in [0.1, 0.15) is 33.6 Å². The first-order valence-corrected chi connectivity index (χ1v) is 5.16. The molecule has 0 atom stereocenters. The topological polar surface area (TPSA) is 12.0 Å². The first kappa shape index (κ1) is 11.8. The van der Waals surface area contributed by atoms with Gasteiger partial charge in [-0.05, 0) is 46.1 Å². The Hall–Kier alpha value is -0.210. The van der Waals surface area contributed by atoms with Crippen molar-refractivity contribution in [1.82, 2.24) is 4.72 Å². The molecule has 0 fully saturated rings. The Morgan fingerprint density at radius 3 is 2.50 bits per heavy atom. The Labute approximate surface area is 80.5 Å². The van der Waals surface area contributed by atoms with Gasteiger partial charge in [-0.15, -0.1) is 0 Å². The van der Waals surface area contributed by atoms with Crippen molar-refractivity contribution in [3.05, 3.63) is 22.6 Å². The van der Waals surface area contributed by atoms with Crippen molar-refractivity contribution in [3.8, 4) is 0 Å². The minimum atomic E-state index is 1.16. The molecule has 0 spiro atoms. The summed E-state index contributed by atoms with van der Waals surface area (Å²) in [4.78, 5) is 0. The third-order valence-corrected chi connectivity index (χ3v) is 2.23. The molecule has 0 unspecified atom stereocenters. The van der Waals surface area contributed by atoms with E-state index in [2.05, 4.69) is 37.0 Å². The molecule has 0 bridgehead atoms. The van der Waals surface area contributed by atoms with E-state index in [1.54, 1.807) is 11.9 Å². The van der Waals surface area contributed by atoms with Crippen LogP contribution in [0.4, 0.5) is 0 Å². The quantitative estimate of drug-likeness (QED) is 0.519. The van der Waals surface area contributed by atoms with Crippen LogP contribution < -0.4 is 4.72 Å². The summed E-state index contributed by atoms with van der Waals surface area (Å²) < 4.78 is 3.02. The van der Waals surface area contributed by atoms with Gasteiger partial charge < -0.3 is 0 Å². The van der Waals surface area contributed by atoms with Crippen molar-refractivity contribution in [2.45, 2.75) is 33.6 Å². The third kappa shape index (κ3) is 7.89. The Kier molecular flexibility index (Phi) is 7.31. The van der Waals surface area contributed by atoms with Crippen LogP contribution in [0.25, 0.3) is 0 Å². The van der Waals surface area contributed by atoms with Gasteiger partial charge in [0.1, 0.15) is 0 Å². The number of rotatable bonds is 5. The highest BCUT2D eigenvalue weighted by Gasteiger charge is 1.87. The van der Waals surface area contributed by atoms with Crippen LogP contribution in [0, 0.1) is 0 Å². The molecule has 1 N–H and O–H groups in total. The normalized spacial score (nSPS) is 11.5. The summed E-state index contributed by atoms with van der Waals surface area (Å²) in [6.45, 7) is 6.45. The fourth-order valence-electron chi connectivity index (χ4n) is 0.807. The first-order chi connectivity index (χ1) is 5.66. The summed E-state index contributed by atoms with van der Waals surface area (Å²) >= 11 is 1.64. The third-order valence-electron chi connectivity index (χ3n) is 1.47. The second kappa shape index (κ2) is 7.44. The van der Waals surface area contributed by atoms with Crippen LogP contribution in [-0.4, -0.2) is 7.05 Å². The molecule has 2 heteroatoms. The first-order valence-electron chi connectivity index (χ1n) is 4.28. The van der Waals surface area contributed by atoms with Gasteiger partial charge in [0.05, 0.1) is 0 Å². The minimum Gasteiger partial charge on any atom is -0.264 e. The molecule has 0 aromatic heterocycles. The Morgan fingerprint density at radius 1 is 1.33 bits per heavy atom. The zero-order valence-corrected chi connectivity index (χ0v) is 9.29. The van der Waals surface area contributed by atoms with Crippen LogP contribution in [0.15, 0.2) is 22.6 Å². The lowest BCUT2D eigenvalue weighted by Crippen LogP contribution is -1.87. The highest BCUT2D eigenvalue weighted by molar-refractivity contribution is 8.00. The molecule has 0 saturated heterocycles. The van der Waals surface area contributed by atoms with E-state index in [4.69, 9.17) is 0 Å². The van der Waals surface area contributed by atoms with Gasteiger partial charge in [-0.1, -0.05) is 29.2 Å². The fraction of sp³-hybridized carbons (Fsp3) is 0.600. The monoisotopic (exact) mass is 185 g/mol. The van der Waals surface area contributed by atoms with Gasteiger partial charge in [0, 0.05) is 0 Å². The summed E-state index contributed by atoms with van der Waals surface area (Å²) in [6, 6.07) is 0. The molecule has 0 aliphatic rings. The van der Waals surface area contributed by atoms with Crippen molar-refractivity contribution in [3.63, 3.8) is 0 Å². The number of hydrogen-bond acceptors (Lipinski definition) is 2. The summed E-state index contributed by atoms with van der Waals surface area (Å²) in [5.41, 5.74) is 2.84. The summed E-state index contributed by atoms with van der Waals surface area (Å²) in [5, 5.41) is 2.17. The summed E-state index contributed by atoms with van der Waals surface area (Å²) in [5.74, 6) is 0. The standard InChI is InChI=1S/C10H19NS/c1-9(2)6-5-7-10(3)8-12-11-4/h6,8,11H,5,7H2,1-4H3/b10-8-. The molecule has 0 amide bonds. The molecule has 0 aromatic carbocycles. The van der Waals surface area contributed by atoms with E-state index in [0.717, 1.165) is 6.42 Å². The zero-order valence-electron chi connectivity index (χ0n) is 8.48. The molecule has 0 radical (unpaired) electrons. The molecule has 70 valence electrons. The largest absolute Gasteiger partial charge is 0.264 e. The molecule has 1 nitrogen and oxygen atoms in total. The lowest BCUT2D eigenvalue weighted by molar-refractivity contribution is 0.970. The van der Waals surface area contributed by atoms with Crippen LogP contribution in [0.5, 0.6) is 0 Å². The van der Waals surface area contributed by atoms with E-state index in [1.165, 1.54) is 17.6 Å². The van der Waals surface area contributed by atoms with E-state index < -0.39 is 0 Å². The maximum Gasteiger partial charge on any atom is -0.00533 e. The molecule has 0 saturated carbocycles. The van der Waals surface area contributed by atoms with Gasteiger partial charge in [-0.3, -0.25) is 4.72 Å². The maximum atomic E-state index is 3.02. The summed E-state index contributed by atoms with van der Waals surface area (Å²) in [6.07, 6.45) is 4.61. The lowest BCUT2D eigenvalue weighted by atomic mass is 10.1. The SMILES string of the molecule is CNS/C=C(/C)CCC=C(C)C. The summed E-state index contributed by atoms with van der Waals surface area (Å²) in [7, 11) is 1.94. The van der Waals surface area contributed by atoms with Gasteiger partial charge in [0.15, 0.2) is 0 Å². The Bertz CT molecular complexity index is 167. The smallest absolute Gasteiger partial charge is 0.00533 e. The van der Waals surface area contributed by atoms with E-state index in [9.17, 15) is 0 Å². The van der Waals surface area contributed by atoms with Gasteiger partial charge in [0.2, 0.25) is 0 Å². The highest BCUT2D eigenvalue weighted by Crippen LogP contribution is 2.09. The molecular weight excluding hydrogens is 166 g/mol. The average Bonchev–Trinajstić information content (AvgIpc) is 2.00. The van der Waals surface area contributed by atoms with Crippen LogP contribution in [-0.2, 0) is 0 Å². The predicted molar refractivity (Wildman–Crippen MR) is 59.1 cm³/mol. The van der Waals surface area contributed by atoms with Crippen LogP contribution >= 0.6 is 11.9 Å². The number of nitrogens with one attached hydrogen (secondary N) is 1. The molecule has 0 aromatic rings. The Morgan fingerprint density at radius 2 is 2.00 bits per heavy atom. The lowest BCUT2D eigenvalue weighted by Gasteiger charge is -1.97.